The Labute approximate surface area is 200 Å². The first-order valence-corrected chi connectivity index (χ1v) is 13.9. The molecule has 0 aromatic heterocycles. The zero-order chi connectivity index (χ0) is 24.9. The van der Waals surface area contributed by atoms with Gasteiger partial charge in [0.05, 0.1) is 36.6 Å². The van der Waals surface area contributed by atoms with Gasteiger partial charge in [0.15, 0.2) is 0 Å². The first-order chi connectivity index (χ1) is 16.0. The van der Waals surface area contributed by atoms with Gasteiger partial charge in [-0.3, -0.25) is 9.10 Å². The van der Waals surface area contributed by atoms with Crippen LogP contribution in [0.3, 0.4) is 0 Å². The second-order valence-electron chi connectivity index (χ2n) is 7.82. The summed E-state index contributed by atoms with van der Waals surface area (Å²) in [4.78, 5) is 12.6. The molecule has 1 amide bonds. The number of amides is 1. The number of aryl methyl sites for hydroxylation is 1. The molecule has 2 aromatic carbocycles. The maximum absolute atomic E-state index is 12.6. The van der Waals surface area contributed by atoms with Crippen LogP contribution < -0.4 is 14.4 Å². The number of hydrogen-bond acceptors (Lipinski definition) is 7. The summed E-state index contributed by atoms with van der Waals surface area (Å²) >= 11 is 0. The molecule has 12 heteroatoms. The molecule has 186 valence electrons. The molecule has 1 aliphatic rings. The average Bonchev–Trinajstić information content (AvgIpc) is 2.81. The van der Waals surface area contributed by atoms with Crippen molar-refractivity contribution in [2.75, 3.05) is 57.1 Å². The molecule has 0 bridgehead atoms. The Balaban J connectivity index is 1.50. The summed E-state index contributed by atoms with van der Waals surface area (Å²) in [6.45, 7) is 3.58. The lowest BCUT2D eigenvalue weighted by Crippen LogP contribution is -2.40. The van der Waals surface area contributed by atoms with Crippen LogP contribution in [0.5, 0.6) is 5.75 Å². The number of ether oxygens (including phenoxy) is 2. The maximum Gasteiger partial charge on any atom is 0.251 e. The molecular weight excluding hydrogens is 482 g/mol. The fraction of sp³-hybridized carbons (Fsp3) is 0.409. The van der Waals surface area contributed by atoms with Crippen molar-refractivity contribution in [1.29, 1.82) is 0 Å². The monoisotopic (exact) mass is 511 g/mol. The molecule has 2 aromatic rings. The Morgan fingerprint density at radius 2 is 1.74 bits per heavy atom. The summed E-state index contributed by atoms with van der Waals surface area (Å²) in [7, 11) is -5.50. The lowest BCUT2D eigenvalue weighted by molar-refractivity contribution is 0.0730. The summed E-state index contributed by atoms with van der Waals surface area (Å²) in [5, 5.41) is 2.74. The third kappa shape index (κ3) is 6.26. The van der Waals surface area contributed by atoms with Gasteiger partial charge in [0.25, 0.3) is 5.91 Å². The Morgan fingerprint density at radius 1 is 1.09 bits per heavy atom. The molecule has 3 rings (SSSR count). The number of rotatable bonds is 9. The van der Waals surface area contributed by atoms with E-state index in [1.807, 2.05) is 0 Å². The molecule has 0 unspecified atom stereocenters. The predicted molar refractivity (Wildman–Crippen MR) is 128 cm³/mol. The van der Waals surface area contributed by atoms with Crippen LogP contribution in [0.25, 0.3) is 0 Å². The van der Waals surface area contributed by atoms with Crippen LogP contribution in [-0.2, 0) is 24.8 Å². The van der Waals surface area contributed by atoms with Gasteiger partial charge in [-0.25, -0.2) is 16.8 Å². The molecule has 0 saturated carbocycles. The highest BCUT2D eigenvalue weighted by Crippen LogP contribution is 2.22. The van der Waals surface area contributed by atoms with Crippen LogP contribution in [0.2, 0.25) is 0 Å². The van der Waals surface area contributed by atoms with Crippen molar-refractivity contribution in [2.45, 2.75) is 11.8 Å². The number of nitrogens with zero attached hydrogens (tertiary/aromatic N) is 2. The van der Waals surface area contributed by atoms with Gasteiger partial charge in [-0.05, 0) is 55.0 Å². The number of carbonyl (C=O) groups is 1. The second-order valence-corrected chi connectivity index (χ2v) is 11.8. The van der Waals surface area contributed by atoms with E-state index >= 15 is 0 Å². The molecular formula is C22H29N3O7S2. The molecule has 34 heavy (non-hydrogen) atoms. The minimum absolute atomic E-state index is 0.190. The highest BCUT2D eigenvalue weighted by atomic mass is 32.2. The number of anilines is 1. The van der Waals surface area contributed by atoms with E-state index in [4.69, 9.17) is 9.47 Å². The van der Waals surface area contributed by atoms with Crippen molar-refractivity contribution in [1.82, 2.24) is 9.62 Å². The van der Waals surface area contributed by atoms with Gasteiger partial charge in [0.2, 0.25) is 20.0 Å². The van der Waals surface area contributed by atoms with Crippen molar-refractivity contribution in [3.05, 3.63) is 53.6 Å². The van der Waals surface area contributed by atoms with Crippen molar-refractivity contribution in [3.8, 4) is 5.75 Å². The smallest absolute Gasteiger partial charge is 0.251 e. The molecule has 0 aliphatic carbocycles. The minimum atomic E-state index is -3.56. The summed E-state index contributed by atoms with van der Waals surface area (Å²) in [6, 6.07) is 10.9. The first-order valence-electron chi connectivity index (χ1n) is 10.6. The molecule has 1 N–H and O–H groups in total. The quantitative estimate of drug-likeness (QED) is 0.502. The molecule has 0 radical (unpaired) electrons. The zero-order valence-electron chi connectivity index (χ0n) is 19.4. The summed E-state index contributed by atoms with van der Waals surface area (Å²) in [6.07, 6.45) is 1.11. The number of sulfonamides is 2. The van der Waals surface area contributed by atoms with Crippen LogP contribution in [0.4, 0.5) is 5.69 Å². The van der Waals surface area contributed by atoms with E-state index in [1.54, 1.807) is 37.3 Å². The lowest BCUT2D eigenvalue weighted by atomic mass is 10.1. The molecule has 10 nitrogen and oxygen atoms in total. The van der Waals surface area contributed by atoms with Crippen molar-refractivity contribution < 1.29 is 31.1 Å². The van der Waals surface area contributed by atoms with Crippen molar-refractivity contribution in [3.63, 3.8) is 0 Å². The third-order valence-electron chi connectivity index (χ3n) is 5.38. The topological polar surface area (TPSA) is 122 Å². The number of nitrogens with one attached hydrogen (secondary N) is 1. The fourth-order valence-electron chi connectivity index (χ4n) is 3.41. The van der Waals surface area contributed by atoms with E-state index in [-0.39, 0.29) is 24.0 Å². The summed E-state index contributed by atoms with van der Waals surface area (Å²) in [5.41, 5.74) is 1.56. The van der Waals surface area contributed by atoms with Gasteiger partial charge in [-0.15, -0.1) is 0 Å². The second kappa shape index (κ2) is 10.7. The number of benzene rings is 2. The molecule has 1 heterocycles. The first kappa shape index (κ1) is 25.9. The number of carbonyl (C=O) groups excluding carboxylic acids is 1. The van der Waals surface area contributed by atoms with E-state index in [0.717, 1.165) is 10.6 Å². The molecule has 1 saturated heterocycles. The van der Waals surface area contributed by atoms with E-state index in [1.165, 1.54) is 23.5 Å². The largest absolute Gasteiger partial charge is 0.492 e. The van der Waals surface area contributed by atoms with Gasteiger partial charge >= 0.3 is 0 Å². The summed E-state index contributed by atoms with van der Waals surface area (Å²) < 4.78 is 62.1. The van der Waals surface area contributed by atoms with E-state index in [0.29, 0.717) is 48.9 Å². The van der Waals surface area contributed by atoms with Crippen LogP contribution in [0.1, 0.15) is 15.9 Å². The van der Waals surface area contributed by atoms with Crippen LogP contribution in [0, 0.1) is 6.92 Å². The highest BCUT2D eigenvalue weighted by molar-refractivity contribution is 7.92. The van der Waals surface area contributed by atoms with Crippen molar-refractivity contribution in [2.24, 2.45) is 0 Å². The van der Waals surface area contributed by atoms with Gasteiger partial charge in [-0.1, -0.05) is 0 Å². The molecule has 1 fully saturated rings. The van der Waals surface area contributed by atoms with Crippen molar-refractivity contribution >= 4 is 31.6 Å². The normalized spacial score (nSPS) is 15.0. The van der Waals surface area contributed by atoms with E-state index in [2.05, 4.69) is 5.32 Å². The minimum Gasteiger partial charge on any atom is -0.492 e. The highest BCUT2D eigenvalue weighted by Gasteiger charge is 2.26. The number of hydrogen-bond donors (Lipinski definition) is 1. The third-order valence-corrected chi connectivity index (χ3v) is 8.49. The van der Waals surface area contributed by atoms with Gasteiger partial charge in [-0.2, -0.15) is 4.31 Å². The standard InChI is InChI=1S/C22H29N3O7S2/c1-17-16-18(4-9-21(17)24(2)33(3,27)28)22(26)23-10-13-32-19-5-7-20(8-6-19)34(29,30)25-11-14-31-15-12-25/h4-9,16H,10-15H2,1-3H3,(H,23,26). The lowest BCUT2D eigenvalue weighted by Gasteiger charge is -2.26. The molecule has 1 aliphatic heterocycles. The Morgan fingerprint density at radius 3 is 2.32 bits per heavy atom. The maximum atomic E-state index is 12.6. The zero-order valence-corrected chi connectivity index (χ0v) is 21.0. The van der Waals surface area contributed by atoms with Crippen LogP contribution in [-0.4, -0.2) is 79.8 Å². The molecule has 0 spiro atoms. The van der Waals surface area contributed by atoms with E-state index in [9.17, 15) is 21.6 Å². The van der Waals surface area contributed by atoms with Gasteiger partial charge < -0.3 is 14.8 Å². The van der Waals surface area contributed by atoms with Gasteiger partial charge in [0, 0.05) is 25.7 Å². The predicted octanol–water partition coefficient (Wildman–Crippen LogP) is 1.22. The fourth-order valence-corrected chi connectivity index (χ4v) is 5.38. The Kier molecular flexibility index (Phi) is 8.18. The average molecular weight is 512 g/mol. The number of morpholine rings is 1. The summed E-state index contributed by atoms with van der Waals surface area (Å²) in [5.74, 6) is 0.173. The Hall–Kier alpha value is -2.67. The van der Waals surface area contributed by atoms with Gasteiger partial charge in [0.1, 0.15) is 12.4 Å². The van der Waals surface area contributed by atoms with Crippen LogP contribution >= 0.6 is 0 Å². The SMILES string of the molecule is Cc1cc(C(=O)NCCOc2ccc(S(=O)(=O)N3CCOCC3)cc2)ccc1N(C)S(C)(=O)=O. The van der Waals surface area contributed by atoms with E-state index < -0.39 is 20.0 Å². The Bertz CT molecular complexity index is 1220. The van der Waals surface area contributed by atoms with Crippen LogP contribution in [0.15, 0.2) is 47.4 Å². The molecule has 0 atom stereocenters.